The molecule has 0 bridgehead atoms. The molecule has 0 atom stereocenters. The number of aromatic carboxylic acids is 2. The number of carboxylic acid groups (broad SMARTS) is 2. The van der Waals surface area contributed by atoms with Crippen molar-refractivity contribution in [2.24, 2.45) is 0 Å². The zero-order valence-corrected chi connectivity index (χ0v) is 18.2. The standard InChI is InChI=1S/C16H9NO6.2C5H5N/c18-13-11-3-1-2-4-12(11)14(19)17(13)10-6-8(15(20)21)5-9(7-10)16(22)23;2*1-2-4-6-5-3-1/h1-7H,(H,20,21)(H,22,23);2*1-5H. The predicted molar refractivity (Wildman–Crippen MR) is 126 cm³/mol. The summed E-state index contributed by atoms with van der Waals surface area (Å²) in [5, 5.41) is 18.2. The Hall–Kier alpha value is -5.18. The molecular formula is C26H19N3O6. The fourth-order valence-electron chi connectivity index (χ4n) is 3.04. The number of carbonyl (C=O) groups excluding carboxylic acids is 2. The molecule has 174 valence electrons. The maximum absolute atomic E-state index is 12.4. The maximum atomic E-state index is 12.4. The highest BCUT2D eigenvalue weighted by molar-refractivity contribution is 6.34. The van der Waals surface area contributed by atoms with Gasteiger partial charge in [0.15, 0.2) is 0 Å². The normalized spacial score (nSPS) is 11.4. The fraction of sp³-hybridized carbons (Fsp3) is 0. The first-order valence-corrected chi connectivity index (χ1v) is 10.2. The van der Waals surface area contributed by atoms with Crippen molar-refractivity contribution in [1.29, 1.82) is 0 Å². The minimum Gasteiger partial charge on any atom is -0.478 e. The second-order valence-corrected chi connectivity index (χ2v) is 6.92. The van der Waals surface area contributed by atoms with Gasteiger partial charge in [-0.3, -0.25) is 19.6 Å². The summed E-state index contributed by atoms with van der Waals surface area (Å²) >= 11 is 0. The van der Waals surface area contributed by atoms with Crippen molar-refractivity contribution in [3.63, 3.8) is 0 Å². The van der Waals surface area contributed by atoms with Gasteiger partial charge in [-0.25, -0.2) is 14.5 Å². The van der Waals surface area contributed by atoms with Crippen LogP contribution in [0.4, 0.5) is 5.69 Å². The number of benzene rings is 2. The first-order valence-electron chi connectivity index (χ1n) is 10.2. The second kappa shape index (κ2) is 11.6. The van der Waals surface area contributed by atoms with Gasteiger partial charge in [-0.1, -0.05) is 24.3 Å². The summed E-state index contributed by atoms with van der Waals surface area (Å²) in [7, 11) is 0. The second-order valence-electron chi connectivity index (χ2n) is 6.92. The first kappa shape index (κ1) is 24.5. The van der Waals surface area contributed by atoms with E-state index in [9.17, 15) is 19.2 Å². The van der Waals surface area contributed by atoms with Gasteiger partial charge in [0, 0.05) is 24.8 Å². The van der Waals surface area contributed by atoms with Gasteiger partial charge in [0.2, 0.25) is 0 Å². The molecule has 2 aromatic carbocycles. The highest BCUT2D eigenvalue weighted by Gasteiger charge is 2.36. The minimum absolute atomic E-state index is 0.0894. The summed E-state index contributed by atoms with van der Waals surface area (Å²) in [6.07, 6.45) is 7.00. The Morgan fingerprint density at radius 3 is 1.29 bits per heavy atom. The third-order valence-corrected chi connectivity index (χ3v) is 4.60. The van der Waals surface area contributed by atoms with Gasteiger partial charge in [0.25, 0.3) is 11.8 Å². The monoisotopic (exact) mass is 469 g/mol. The summed E-state index contributed by atoms with van der Waals surface area (Å²) < 4.78 is 0. The number of hydrogen-bond acceptors (Lipinski definition) is 6. The Kier molecular flexibility index (Phi) is 8.12. The van der Waals surface area contributed by atoms with Gasteiger partial charge < -0.3 is 10.2 Å². The van der Waals surface area contributed by atoms with Crippen LogP contribution in [0.2, 0.25) is 0 Å². The SMILES string of the molecule is O=C(O)c1cc(C(=O)O)cc(N2C(=O)c3ccccc3C2=O)c1.c1ccncc1.c1ccncc1. The molecule has 2 N–H and O–H groups in total. The van der Waals surface area contributed by atoms with Gasteiger partial charge in [-0.15, -0.1) is 0 Å². The van der Waals surface area contributed by atoms with E-state index < -0.39 is 23.8 Å². The highest BCUT2D eigenvalue weighted by Crippen LogP contribution is 2.29. The maximum Gasteiger partial charge on any atom is 0.335 e. The van der Waals surface area contributed by atoms with Crippen LogP contribution < -0.4 is 4.90 Å². The third kappa shape index (κ3) is 6.20. The van der Waals surface area contributed by atoms with Crippen LogP contribution in [0.1, 0.15) is 41.4 Å². The molecule has 0 radical (unpaired) electrons. The molecular weight excluding hydrogens is 450 g/mol. The summed E-state index contributed by atoms with van der Waals surface area (Å²) in [5.41, 5.74) is -0.355. The van der Waals surface area contributed by atoms with E-state index >= 15 is 0 Å². The lowest BCUT2D eigenvalue weighted by Gasteiger charge is -2.15. The molecule has 1 aliphatic rings. The average molecular weight is 469 g/mol. The average Bonchev–Trinajstić information content (AvgIpc) is 3.16. The quantitative estimate of drug-likeness (QED) is 0.429. The molecule has 0 aliphatic carbocycles. The molecule has 0 saturated heterocycles. The number of fused-ring (bicyclic) bond motifs is 1. The fourth-order valence-corrected chi connectivity index (χ4v) is 3.04. The van der Waals surface area contributed by atoms with Crippen LogP contribution in [0.5, 0.6) is 0 Å². The Balaban J connectivity index is 0.000000231. The molecule has 2 amide bonds. The van der Waals surface area contributed by atoms with Crippen molar-refractivity contribution in [2.45, 2.75) is 0 Å². The molecule has 4 aromatic rings. The topological polar surface area (TPSA) is 138 Å². The lowest BCUT2D eigenvalue weighted by Crippen LogP contribution is -2.29. The minimum atomic E-state index is -1.36. The molecule has 1 aliphatic heterocycles. The number of rotatable bonds is 3. The van der Waals surface area contributed by atoms with E-state index in [1.165, 1.54) is 12.1 Å². The van der Waals surface area contributed by atoms with Crippen LogP contribution in [0.25, 0.3) is 0 Å². The van der Waals surface area contributed by atoms with E-state index in [1.54, 1.807) is 36.9 Å². The first-order chi connectivity index (χ1) is 16.9. The van der Waals surface area contributed by atoms with E-state index in [0.717, 1.165) is 23.1 Å². The van der Waals surface area contributed by atoms with Crippen molar-refractivity contribution in [2.75, 3.05) is 4.90 Å². The van der Waals surface area contributed by atoms with E-state index in [1.807, 2.05) is 36.4 Å². The number of amides is 2. The lowest BCUT2D eigenvalue weighted by molar-refractivity contribution is 0.0695. The summed E-state index contributed by atoms with van der Waals surface area (Å²) in [6.45, 7) is 0. The van der Waals surface area contributed by atoms with Crippen molar-refractivity contribution < 1.29 is 29.4 Å². The number of imide groups is 1. The van der Waals surface area contributed by atoms with Crippen LogP contribution in [0, 0.1) is 0 Å². The Bertz CT molecular complexity index is 1190. The molecule has 2 aromatic heterocycles. The van der Waals surface area contributed by atoms with Crippen LogP contribution in [-0.4, -0.2) is 43.9 Å². The Labute approximate surface area is 200 Å². The smallest absolute Gasteiger partial charge is 0.335 e. The van der Waals surface area contributed by atoms with Crippen molar-refractivity contribution in [3.05, 3.63) is 126 Å². The Morgan fingerprint density at radius 2 is 1.00 bits per heavy atom. The molecule has 9 nitrogen and oxygen atoms in total. The van der Waals surface area contributed by atoms with Crippen LogP contribution >= 0.6 is 0 Å². The van der Waals surface area contributed by atoms with Crippen molar-refractivity contribution in [1.82, 2.24) is 9.97 Å². The number of aromatic nitrogens is 2. The van der Waals surface area contributed by atoms with Crippen LogP contribution in [0.15, 0.2) is 104 Å². The van der Waals surface area contributed by atoms with Crippen LogP contribution in [0.3, 0.4) is 0 Å². The number of carbonyl (C=O) groups is 4. The van der Waals surface area contributed by atoms with E-state index in [2.05, 4.69) is 9.97 Å². The number of nitrogens with zero attached hydrogens (tertiary/aromatic N) is 3. The molecule has 0 spiro atoms. The predicted octanol–water partition coefficient (Wildman–Crippen LogP) is 4.05. The third-order valence-electron chi connectivity index (χ3n) is 4.60. The molecule has 0 fully saturated rings. The van der Waals surface area contributed by atoms with Gasteiger partial charge in [0.1, 0.15) is 0 Å². The van der Waals surface area contributed by atoms with Crippen LogP contribution in [-0.2, 0) is 0 Å². The van der Waals surface area contributed by atoms with Gasteiger partial charge >= 0.3 is 11.9 Å². The van der Waals surface area contributed by atoms with E-state index in [-0.39, 0.29) is 27.9 Å². The van der Waals surface area contributed by atoms with E-state index in [0.29, 0.717) is 0 Å². The molecule has 35 heavy (non-hydrogen) atoms. The summed E-state index contributed by atoms with van der Waals surface area (Å²) in [6, 6.07) is 20.7. The zero-order chi connectivity index (χ0) is 25.2. The van der Waals surface area contributed by atoms with Gasteiger partial charge in [-0.2, -0.15) is 0 Å². The summed E-state index contributed by atoms with van der Waals surface area (Å²) in [5.74, 6) is -3.95. The van der Waals surface area contributed by atoms with Gasteiger partial charge in [-0.05, 0) is 54.6 Å². The molecule has 9 heteroatoms. The summed E-state index contributed by atoms with van der Waals surface area (Å²) in [4.78, 5) is 55.4. The number of pyridine rings is 2. The number of carboxylic acids is 2. The zero-order valence-electron chi connectivity index (χ0n) is 18.2. The molecule has 0 saturated carbocycles. The van der Waals surface area contributed by atoms with Crippen molar-refractivity contribution >= 4 is 29.4 Å². The molecule has 5 rings (SSSR count). The number of anilines is 1. The largest absolute Gasteiger partial charge is 0.478 e. The lowest BCUT2D eigenvalue weighted by atomic mass is 10.1. The number of hydrogen-bond donors (Lipinski definition) is 2. The molecule has 0 unspecified atom stereocenters. The van der Waals surface area contributed by atoms with Crippen molar-refractivity contribution in [3.8, 4) is 0 Å². The highest BCUT2D eigenvalue weighted by atomic mass is 16.4. The van der Waals surface area contributed by atoms with Gasteiger partial charge in [0.05, 0.1) is 27.9 Å². The molecule has 3 heterocycles. The Morgan fingerprint density at radius 1 is 0.600 bits per heavy atom. The van der Waals surface area contributed by atoms with E-state index in [4.69, 9.17) is 10.2 Å².